The molecule has 0 fully saturated rings. The number of aromatic nitrogens is 4. The van der Waals surface area contributed by atoms with E-state index in [1.807, 2.05) is 0 Å². The maximum absolute atomic E-state index is 12.7. The van der Waals surface area contributed by atoms with Crippen molar-refractivity contribution in [3.8, 4) is 11.4 Å². The van der Waals surface area contributed by atoms with E-state index < -0.39 is 6.55 Å². The van der Waals surface area contributed by atoms with Crippen LogP contribution < -0.4 is 5.32 Å². The maximum Gasteiger partial charge on any atom is 0.333 e. The number of hydrogen-bond acceptors (Lipinski definition) is 4. The van der Waals surface area contributed by atoms with E-state index in [4.69, 9.17) is 0 Å². The predicted octanol–water partition coefficient (Wildman–Crippen LogP) is 1.45. The lowest BCUT2D eigenvalue weighted by Crippen LogP contribution is -2.12. The van der Waals surface area contributed by atoms with Crippen LogP contribution in [0, 0.1) is 0 Å². The second-order valence-electron chi connectivity index (χ2n) is 3.36. The molecule has 0 amide bonds. The lowest BCUT2D eigenvalue weighted by atomic mass is 10.3. The first-order chi connectivity index (χ1) is 8.22. The summed E-state index contributed by atoms with van der Waals surface area (Å²) in [6, 6.07) is 1.58. The lowest BCUT2D eigenvalue weighted by molar-refractivity contribution is 0.0534. The second-order valence-corrected chi connectivity index (χ2v) is 3.36. The molecule has 7 heteroatoms. The summed E-state index contributed by atoms with van der Waals surface area (Å²) < 4.78 is 26.1. The van der Waals surface area contributed by atoms with Crippen molar-refractivity contribution in [3.63, 3.8) is 0 Å². The molecule has 17 heavy (non-hydrogen) atoms. The van der Waals surface area contributed by atoms with E-state index >= 15 is 0 Å². The van der Waals surface area contributed by atoms with Crippen molar-refractivity contribution >= 4 is 0 Å². The normalized spacial score (nSPS) is 11.1. The fraction of sp³-hybridized carbons (Fsp3) is 0.300. The maximum atomic E-state index is 12.7. The highest BCUT2D eigenvalue weighted by atomic mass is 19.3. The summed E-state index contributed by atoms with van der Waals surface area (Å²) in [5, 5.41) is 6.64. The van der Waals surface area contributed by atoms with Gasteiger partial charge in [0.25, 0.3) is 0 Å². The zero-order valence-electron chi connectivity index (χ0n) is 9.14. The highest BCUT2D eigenvalue weighted by Crippen LogP contribution is 2.20. The quantitative estimate of drug-likeness (QED) is 0.877. The second kappa shape index (κ2) is 4.96. The molecule has 0 saturated heterocycles. The molecular weight excluding hydrogens is 228 g/mol. The molecule has 90 valence electrons. The number of rotatable bonds is 4. The van der Waals surface area contributed by atoms with E-state index in [2.05, 4.69) is 20.4 Å². The Labute approximate surface area is 96.5 Å². The minimum atomic E-state index is -2.66. The van der Waals surface area contributed by atoms with Crippen LogP contribution in [0.15, 0.2) is 24.7 Å². The minimum absolute atomic E-state index is 0.317. The van der Waals surface area contributed by atoms with Gasteiger partial charge in [0.2, 0.25) is 0 Å². The number of alkyl halides is 2. The van der Waals surface area contributed by atoms with Crippen LogP contribution in [-0.2, 0) is 6.54 Å². The Morgan fingerprint density at radius 3 is 2.76 bits per heavy atom. The van der Waals surface area contributed by atoms with Gasteiger partial charge in [0.15, 0.2) is 0 Å². The standard InChI is InChI=1S/C10H11F2N5/c1-13-5-7-4-8(16-17(7)10(11)12)9-6-14-2-3-15-9/h2-4,6,10,13H,5H2,1H3. The van der Waals surface area contributed by atoms with Gasteiger partial charge in [0.05, 0.1) is 11.9 Å². The van der Waals surface area contributed by atoms with Gasteiger partial charge in [-0.3, -0.25) is 9.97 Å². The highest BCUT2D eigenvalue weighted by Gasteiger charge is 2.15. The summed E-state index contributed by atoms with van der Waals surface area (Å²) in [4.78, 5) is 7.90. The van der Waals surface area contributed by atoms with Crippen molar-refractivity contribution in [3.05, 3.63) is 30.4 Å². The minimum Gasteiger partial charge on any atom is -0.314 e. The van der Waals surface area contributed by atoms with Gasteiger partial charge in [0.1, 0.15) is 11.4 Å². The van der Waals surface area contributed by atoms with Gasteiger partial charge in [-0.2, -0.15) is 13.9 Å². The highest BCUT2D eigenvalue weighted by molar-refractivity contribution is 5.52. The average molecular weight is 239 g/mol. The predicted molar refractivity (Wildman–Crippen MR) is 57.3 cm³/mol. The summed E-state index contributed by atoms with van der Waals surface area (Å²) in [6.07, 6.45) is 4.50. The molecule has 0 saturated carbocycles. The topological polar surface area (TPSA) is 55.6 Å². The number of halogens is 2. The fourth-order valence-electron chi connectivity index (χ4n) is 1.47. The molecular formula is C10H11F2N5. The molecule has 2 rings (SSSR count). The van der Waals surface area contributed by atoms with Crippen molar-refractivity contribution in [1.82, 2.24) is 25.1 Å². The van der Waals surface area contributed by atoms with Gasteiger partial charge >= 0.3 is 6.55 Å². The monoisotopic (exact) mass is 239 g/mol. The molecule has 0 aliphatic heterocycles. The largest absolute Gasteiger partial charge is 0.333 e. The first-order valence-electron chi connectivity index (χ1n) is 5.00. The van der Waals surface area contributed by atoms with E-state index in [9.17, 15) is 8.78 Å². The smallest absolute Gasteiger partial charge is 0.314 e. The van der Waals surface area contributed by atoms with Crippen LogP contribution in [0.5, 0.6) is 0 Å². The Kier molecular flexibility index (Phi) is 3.38. The average Bonchev–Trinajstić information content (AvgIpc) is 2.75. The van der Waals surface area contributed by atoms with Crippen molar-refractivity contribution in [2.75, 3.05) is 7.05 Å². The van der Waals surface area contributed by atoms with E-state index in [0.29, 0.717) is 28.3 Å². The molecule has 0 unspecified atom stereocenters. The Hall–Kier alpha value is -1.89. The summed E-state index contributed by atoms with van der Waals surface area (Å²) in [6.45, 7) is -2.35. The molecule has 0 atom stereocenters. The first kappa shape index (κ1) is 11.6. The summed E-state index contributed by atoms with van der Waals surface area (Å²) in [5.74, 6) is 0. The molecule has 2 heterocycles. The van der Waals surface area contributed by atoms with Gasteiger partial charge in [-0.15, -0.1) is 0 Å². The van der Waals surface area contributed by atoms with Crippen molar-refractivity contribution in [1.29, 1.82) is 0 Å². The molecule has 2 aromatic heterocycles. The third-order valence-corrected chi connectivity index (χ3v) is 2.18. The van der Waals surface area contributed by atoms with Crippen molar-refractivity contribution < 1.29 is 8.78 Å². The Balaban J connectivity index is 2.40. The zero-order chi connectivity index (χ0) is 12.3. The van der Waals surface area contributed by atoms with Gasteiger partial charge in [0, 0.05) is 18.9 Å². The summed E-state index contributed by atoms with van der Waals surface area (Å²) in [7, 11) is 1.69. The summed E-state index contributed by atoms with van der Waals surface area (Å²) in [5.41, 5.74) is 1.27. The van der Waals surface area contributed by atoms with Crippen molar-refractivity contribution in [2.45, 2.75) is 13.1 Å². The van der Waals surface area contributed by atoms with Gasteiger partial charge < -0.3 is 5.32 Å². The van der Waals surface area contributed by atoms with Gasteiger partial charge in [-0.1, -0.05) is 0 Å². The van der Waals surface area contributed by atoms with Crippen LogP contribution in [0.4, 0.5) is 8.78 Å². The van der Waals surface area contributed by atoms with Crippen LogP contribution >= 0.6 is 0 Å². The van der Waals surface area contributed by atoms with Crippen LogP contribution in [0.25, 0.3) is 11.4 Å². The molecule has 0 spiro atoms. The Morgan fingerprint density at radius 1 is 1.35 bits per heavy atom. The Bertz CT molecular complexity index is 483. The number of hydrogen-bond donors (Lipinski definition) is 1. The summed E-state index contributed by atoms with van der Waals surface area (Å²) >= 11 is 0. The van der Waals surface area contributed by atoms with E-state index in [-0.39, 0.29) is 0 Å². The van der Waals surface area contributed by atoms with Crippen LogP contribution in [0.2, 0.25) is 0 Å². The van der Waals surface area contributed by atoms with Gasteiger partial charge in [-0.05, 0) is 13.1 Å². The van der Waals surface area contributed by atoms with Crippen LogP contribution in [-0.4, -0.2) is 26.8 Å². The molecule has 1 N–H and O–H groups in total. The molecule has 0 aliphatic rings. The lowest BCUT2D eigenvalue weighted by Gasteiger charge is -2.04. The SMILES string of the molecule is CNCc1cc(-c2cnccn2)nn1C(F)F. The first-order valence-corrected chi connectivity index (χ1v) is 5.00. The van der Waals surface area contributed by atoms with E-state index in [1.54, 1.807) is 13.1 Å². The molecule has 0 radical (unpaired) electrons. The van der Waals surface area contributed by atoms with E-state index in [1.165, 1.54) is 18.6 Å². The third-order valence-electron chi connectivity index (χ3n) is 2.18. The van der Waals surface area contributed by atoms with Crippen LogP contribution in [0.3, 0.4) is 0 Å². The number of nitrogens with one attached hydrogen (secondary N) is 1. The zero-order valence-corrected chi connectivity index (χ0v) is 9.14. The Morgan fingerprint density at radius 2 is 2.18 bits per heavy atom. The van der Waals surface area contributed by atoms with E-state index in [0.717, 1.165) is 0 Å². The third kappa shape index (κ3) is 2.44. The van der Waals surface area contributed by atoms with Crippen molar-refractivity contribution in [2.24, 2.45) is 0 Å². The van der Waals surface area contributed by atoms with Crippen LogP contribution in [0.1, 0.15) is 12.2 Å². The number of nitrogens with zero attached hydrogens (tertiary/aromatic N) is 4. The molecule has 0 bridgehead atoms. The van der Waals surface area contributed by atoms with Gasteiger partial charge in [-0.25, -0.2) is 4.68 Å². The molecule has 2 aromatic rings. The fourth-order valence-corrected chi connectivity index (χ4v) is 1.47. The molecule has 0 aliphatic carbocycles. The molecule has 0 aromatic carbocycles. The molecule has 5 nitrogen and oxygen atoms in total.